The van der Waals surface area contributed by atoms with E-state index in [0.29, 0.717) is 0 Å². The summed E-state index contributed by atoms with van der Waals surface area (Å²) in [4.78, 5) is 0. The molecule has 0 saturated carbocycles. The Morgan fingerprint density at radius 1 is 0.750 bits per heavy atom. The molecule has 0 aromatic rings. The third-order valence-electron chi connectivity index (χ3n) is 0. The Balaban J connectivity index is -0.0000000358. The second kappa shape index (κ2) is 13.2. The monoisotopic (exact) mass is 330 g/mol. The summed E-state index contributed by atoms with van der Waals surface area (Å²) in [7, 11) is -12.5. The van der Waals surface area contributed by atoms with Gasteiger partial charge < -0.3 is 39.4 Å². The SMILES string of the molecule is O=S(=O)([O-])[O-].O=S(=O)([O-])[O-].OB(O)O.[NH4+].[Ni+3]. The number of quaternary nitrogens is 1. The summed E-state index contributed by atoms with van der Waals surface area (Å²) in [5.41, 5.74) is 0. The van der Waals surface area contributed by atoms with Gasteiger partial charge in [-0.1, -0.05) is 0 Å². The Labute approximate surface area is 101 Å². The predicted molar refractivity (Wildman–Crippen MR) is 39.3 cm³/mol. The first-order chi connectivity index (χ1) is 5.73. The van der Waals surface area contributed by atoms with E-state index in [1.165, 1.54) is 0 Å². The fourth-order valence-electron chi connectivity index (χ4n) is 0. The largest absolute Gasteiger partial charge is 3.00 e. The van der Waals surface area contributed by atoms with Crippen LogP contribution in [-0.2, 0) is 37.3 Å². The molecule has 0 aliphatic carbocycles. The molecule has 1 radical (unpaired) electrons. The third-order valence-corrected chi connectivity index (χ3v) is 0. The molecular formula is H7BNNiO11S2. The van der Waals surface area contributed by atoms with Crippen LogP contribution in [0.4, 0.5) is 0 Å². The van der Waals surface area contributed by atoms with E-state index in [0.717, 1.165) is 0 Å². The first-order valence-electron chi connectivity index (χ1n) is 2.11. The van der Waals surface area contributed by atoms with E-state index in [9.17, 15) is 0 Å². The quantitative estimate of drug-likeness (QED) is 0.187. The van der Waals surface area contributed by atoms with Crippen molar-refractivity contribution in [1.82, 2.24) is 6.15 Å². The summed E-state index contributed by atoms with van der Waals surface area (Å²) in [6, 6.07) is 0. The van der Waals surface area contributed by atoms with E-state index < -0.39 is 28.1 Å². The van der Waals surface area contributed by atoms with Crippen LogP contribution in [0.15, 0.2) is 0 Å². The van der Waals surface area contributed by atoms with Crippen LogP contribution in [0, 0.1) is 0 Å². The van der Waals surface area contributed by atoms with E-state index in [4.69, 9.17) is 50.1 Å². The molecule has 16 heteroatoms. The van der Waals surface area contributed by atoms with Crippen LogP contribution in [0.25, 0.3) is 0 Å². The van der Waals surface area contributed by atoms with Crippen molar-refractivity contribution in [2.75, 3.05) is 0 Å². The van der Waals surface area contributed by atoms with Gasteiger partial charge in [-0.3, -0.25) is 16.8 Å². The molecule has 0 aromatic heterocycles. The molecule has 16 heavy (non-hydrogen) atoms. The Hall–Kier alpha value is 0.138. The smallest absolute Gasteiger partial charge is 0.759 e. The van der Waals surface area contributed by atoms with Gasteiger partial charge in [0.1, 0.15) is 0 Å². The number of rotatable bonds is 0. The maximum absolute atomic E-state index is 8.52. The molecule has 0 aliphatic rings. The minimum absolute atomic E-state index is 0. The van der Waals surface area contributed by atoms with Crippen LogP contribution in [0.1, 0.15) is 0 Å². The zero-order valence-corrected chi connectivity index (χ0v) is 9.94. The Morgan fingerprint density at radius 2 is 0.750 bits per heavy atom. The van der Waals surface area contributed by atoms with Gasteiger partial charge in [-0.2, -0.15) is 0 Å². The maximum Gasteiger partial charge on any atom is 3.00 e. The molecule has 0 aromatic carbocycles. The van der Waals surface area contributed by atoms with Crippen molar-refractivity contribution in [3.63, 3.8) is 0 Å². The first kappa shape index (κ1) is 29.8. The van der Waals surface area contributed by atoms with Gasteiger partial charge in [0.25, 0.3) is 0 Å². The van der Waals surface area contributed by atoms with Crippen LogP contribution in [0.3, 0.4) is 0 Å². The third kappa shape index (κ3) is 127000. The average Bonchev–Trinajstić information content (AvgIpc) is 1.45. The molecular weight excluding hydrogens is 324 g/mol. The van der Waals surface area contributed by atoms with Crippen molar-refractivity contribution in [1.29, 1.82) is 0 Å². The van der Waals surface area contributed by atoms with E-state index in [1.54, 1.807) is 0 Å². The molecule has 0 aliphatic heterocycles. The summed E-state index contributed by atoms with van der Waals surface area (Å²) in [5, 5.41) is 21.5. The van der Waals surface area contributed by atoms with Crippen molar-refractivity contribution in [3.05, 3.63) is 0 Å². The second-order valence-electron chi connectivity index (χ2n) is 1.16. The van der Waals surface area contributed by atoms with E-state index >= 15 is 0 Å². The Kier molecular flexibility index (Phi) is 24.6. The topological polar surface area (TPSA) is 258 Å². The molecule has 0 heterocycles. The molecule has 0 bridgehead atoms. The van der Waals surface area contributed by atoms with Crippen LogP contribution in [0.5, 0.6) is 0 Å². The van der Waals surface area contributed by atoms with Crippen LogP contribution < -0.4 is 6.15 Å². The first-order valence-corrected chi connectivity index (χ1v) is 4.77. The molecule has 0 saturated heterocycles. The number of hydrogen-bond donors (Lipinski definition) is 4. The van der Waals surface area contributed by atoms with Gasteiger partial charge >= 0.3 is 23.8 Å². The maximum atomic E-state index is 8.52. The Bertz CT molecular complexity index is 254. The molecule has 0 unspecified atom stereocenters. The molecule has 0 amide bonds. The molecule has 0 fully saturated rings. The standard InChI is InChI=1S/BH3O3.H3N.Ni.2H2O4S/c2-1(3)4;;;2*1-5(2,3)4/h2-4H;1H3;;2*(H2,1,2,3,4)/q;;+3;;/p-3. The van der Waals surface area contributed by atoms with Crippen molar-refractivity contribution in [2.45, 2.75) is 0 Å². The van der Waals surface area contributed by atoms with Crippen LogP contribution in [0.2, 0.25) is 0 Å². The summed E-state index contributed by atoms with van der Waals surface area (Å²) in [6.07, 6.45) is 0. The van der Waals surface area contributed by atoms with Crippen LogP contribution >= 0.6 is 0 Å². The van der Waals surface area contributed by atoms with E-state index in [-0.39, 0.29) is 22.6 Å². The van der Waals surface area contributed by atoms with Gasteiger partial charge in [0, 0.05) is 20.8 Å². The van der Waals surface area contributed by atoms with Gasteiger partial charge in [0.2, 0.25) is 0 Å². The average molecular weight is 331 g/mol. The zero-order chi connectivity index (χ0) is 12.6. The van der Waals surface area contributed by atoms with E-state index in [2.05, 4.69) is 0 Å². The van der Waals surface area contributed by atoms with E-state index in [1.807, 2.05) is 0 Å². The zero-order valence-electron chi connectivity index (χ0n) is 7.32. The fourth-order valence-corrected chi connectivity index (χ4v) is 0. The van der Waals surface area contributed by atoms with Crippen molar-refractivity contribution >= 4 is 28.1 Å². The second-order valence-corrected chi connectivity index (χ2v) is 2.80. The summed E-state index contributed by atoms with van der Waals surface area (Å²) in [5.74, 6) is 0. The van der Waals surface area contributed by atoms with Crippen molar-refractivity contribution in [3.8, 4) is 0 Å². The molecule has 0 atom stereocenters. The summed E-state index contributed by atoms with van der Waals surface area (Å²) < 4.78 is 68.2. The summed E-state index contributed by atoms with van der Waals surface area (Å²) in [6.45, 7) is 0. The van der Waals surface area contributed by atoms with Gasteiger partial charge in [-0.15, -0.1) is 0 Å². The molecule has 0 rings (SSSR count). The summed E-state index contributed by atoms with van der Waals surface area (Å²) >= 11 is 0. The normalized spacial score (nSPS) is 8.94. The van der Waals surface area contributed by atoms with Gasteiger partial charge in [0.05, 0.1) is 0 Å². The Morgan fingerprint density at radius 3 is 0.750 bits per heavy atom. The molecule has 12 nitrogen and oxygen atoms in total. The molecule has 7 N–H and O–H groups in total. The number of hydrogen-bond acceptors (Lipinski definition) is 11. The minimum Gasteiger partial charge on any atom is -0.759 e. The van der Waals surface area contributed by atoms with Crippen LogP contribution in [-0.4, -0.2) is 57.4 Å². The van der Waals surface area contributed by atoms with Crippen molar-refractivity contribution in [2.24, 2.45) is 0 Å². The molecule has 103 valence electrons. The predicted octanol–water partition coefficient (Wildman–Crippen LogP) is -4.35. The van der Waals surface area contributed by atoms with Gasteiger partial charge in [0.15, 0.2) is 0 Å². The van der Waals surface area contributed by atoms with Crippen molar-refractivity contribution < 1.29 is 66.6 Å². The van der Waals surface area contributed by atoms with Gasteiger partial charge in [-0.05, 0) is 0 Å². The fraction of sp³-hybridized carbons (Fsp3) is 0. The minimum atomic E-state index is -5.17. The van der Waals surface area contributed by atoms with Gasteiger partial charge in [-0.25, -0.2) is 0 Å². The molecule has 0 spiro atoms.